The number of fused-ring (bicyclic) bond motifs is 7. The molecule has 4 saturated heterocycles. The van der Waals surface area contributed by atoms with Gasteiger partial charge in [-0.3, -0.25) is 0 Å². The fourth-order valence-electron chi connectivity index (χ4n) is 13.2. The molecule has 52 heavy (non-hydrogen) atoms. The summed E-state index contributed by atoms with van der Waals surface area (Å²) in [7, 11) is 0. The van der Waals surface area contributed by atoms with Gasteiger partial charge in [-0.15, -0.1) is 0 Å². The van der Waals surface area contributed by atoms with Crippen LogP contribution in [0.25, 0.3) is 0 Å². The third kappa shape index (κ3) is 5.98. The summed E-state index contributed by atoms with van der Waals surface area (Å²) in [6, 6.07) is 0. The first-order chi connectivity index (χ1) is 24.7. The van der Waals surface area contributed by atoms with Crippen LogP contribution in [-0.2, 0) is 28.4 Å². The van der Waals surface area contributed by atoms with Gasteiger partial charge in [0.1, 0.15) is 48.8 Å². The van der Waals surface area contributed by atoms with Crippen molar-refractivity contribution in [3.8, 4) is 0 Å². The molecule has 4 aliphatic heterocycles. The van der Waals surface area contributed by atoms with Crippen LogP contribution in [0, 0.1) is 52.3 Å². The molecule has 1 spiro atoms. The Labute approximate surface area is 307 Å². The highest BCUT2D eigenvalue weighted by Gasteiger charge is 2.69. The van der Waals surface area contributed by atoms with E-state index in [9.17, 15) is 35.7 Å². The van der Waals surface area contributed by atoms with Crippen LogP contribution < -0.4 is 0 Å². The minimum atomic E-state index is -1.71. The molecular weight excluding hydrogens is 676 g/mol. The van der Waals surface area contributed by atoms with Gasteiger partial charge in [0.25, 0.3) is 0 Å². The zero-order valence-corrected chi connectivity index (χ0v) is 31.2. The van der Waals surface area contributed by atoms with Crippen molar-refractivity contribution in [2.75, 3.05) is 19.8 Å². The predicted molar refractivity (Wildman–Crippen MR) is 183 cm³/mol. The molecule has 0 aromatic heterocycles. The van der Waals surface area contributed by atoms with Gasteiger partial charge in [-0.1, -0.05) is 27.7 Å². The minimum absolute atomic E-state index is 0.188. The lowest BCUT2D eigenvalue weighted by atomic mass is 9.44. The Morgan fingerprint density at radius 3 is 2.08 bits per heavy atom. The standard InChI is InChI=1S/C39H64O13/c1-18-7-12-39(47-17-18)19(2)28-25(52-39)14-24-22-6-5-20-13-21(8-10-37(20,3)23(22)9-11-38(24,28)4)48-35-33(46)31(44)34(27(16-41)50-35)51-36-32(45)30(43)29(42)26(15-40)49-36/h18-36,40-46H,5-17H2,1-4H3/t18-,19+,20-,21+,22-,23+,24+,25+,26-,27-,28+,29-,30+,31-,32-,33-,34+,35-,36-,37+,38+,39?/m1/s1. The number of aliphatic hydroxyl groups excluding tert-OH is 7. The average Bonchev–Trinajstić information content (AvgIpc) is 3.58. The molecule has 8 rings (SSSR count). The van der Waals surface area contributed by atoms with Gasteiger partial charge in [0.15, 0.2) is 18.4 Å². The van der Waals surface area contributed by atoms with E-state index >= 15 is 0 Å². The Morgan fingerprint density at radius 2 is 1.37 bits per heavy atom. The molecule has 13 heteroatoms. The first-order valence-electron chi connectivity index (χ1n) is 20.3. The van der Waals surface area contributed by atoms with E-state index in [0.29, 0.717) is 41.4 Å². The SMILES string of the molecule is C[C@@H]1CCC2(OC1)O[C@H]1C[C@H]3[C@@H]4CC[C@@H]5C[C@@H](O[C@@H]6O[C@H](CO)[C@H](O[C@H]7O[C@H](CO)[C@@H](O)[C@H](O)[C@H]7O)[C@H](O)[C@H]6O)CC[C@]5(C)[C@H]4CC[C@]3(C)[C@H]1[C@@H]2C. The second-order valence-electron chi connectivity index (χ2n) is 18.7. The monoisotopic (exact) mass is 740 g/mol. The largest absolute Gasteiger partial charge is 0.394 e. The maximum atomic E-state index is 11.2. The van der Waals surface area contributed by atoms with E-state index in [0.717, 1.165) is 45.1 Å². The predicted octanol–water partition coefficient (Wildman–Crippen LogP) is 1.44. The van der Waals surface area contributed by atoms with E-state index in [1.807, 2.05) is 0 Å². The number of ether oxygens (including phenoxy) is 6. The quantitative estimate of drug-likeness (QED) is 0.194. The molecule has 0 amide bonds. The topological polar surface area (TPSA) is 197 Å². The van der Waals surface area contributed by atoms with Crippen LogP contribution in [0.5, 0.6) is 0 Å². The maximum absolute atomic E-state index is 11.2. The van der Waals surface area contributed by atoms with Crippen LogP contribution in [0.1, 0.15) is 91.9 Å². The third-order valence-corrected chi connectivity index (χ3v) is 16.2. The van der Waals surface area contributed by atoms with Gasteiger partial charge >= 0.3 is 0 Å². The second-order valence-corrected chi connectivity index (χ2v) is 18.7. The van der Waals surface area contributed by atoms with Crippen LogP contribution in [0.15, 0.2) is 0 Å². The molecular formula is C39H64O13. The summed E-state index contributed by atoms with van der Waals surface area (Å²) in [6.45, 7) is 9.33. The van der Waals surface area contributed by atoms with Crippen molar-refractivity contribution in [3.05, 3.63) is 0 Å². The highest BCUT2D eigenvalue weighted by atomic mass is 16.7. The van der Waals surface area contributed by atoms with Crippen molar-refractivity contribution in [1.82, 2.24) is 0 Å². The molecule has 8 fully saturated rings. The highest BCUT2D eigenvalue weighted by Crippen LogP contribution is 2.71. The van der Waals surface area contributed by atoms with E-state index in [2.05, 4.69) is 27.7 Å². The lowest BCUT2D eigenvalue weighted by Gasteiger charge is -2.61. The van der Waals surface area contributed by atoms with E-state index in [1.165, 1.54) is 25.7 Å². The Bertz CT molecular complexity index is 1260. The van der Waals surface area contributed by atoms with E-state index in [4.69, 9.17) is 28.4 Å². The van der Waals surface area contributed by atoms with Gasteiger partial charge in [-0.2, -0.15) is 0 Å². The normalized spacial score (nSPS) is 59.0. The summed E-state index contributed by atoms with van der Waals surface area (Å²) in [5.74, 6) is 3.63. The number of hydrogen-bond donors (Lipinski definition) is 7. The van der Waals surface area contributed by atoms with Crippen molar-refractivity contribution in [2.24, 2.45) is 52.3 Å². The summed E-state index contributed by atoms with van der Waals surface area (Å²) < 4.78 is 37.0. The van der Waals surface area contributed by atoms with Crippen molar-refractivity contribution in [1.29, 1.82) is 0 Å². The highest BCUT2D eigenvalue weighted by molar-refractivity contribution is 5.15. The fraction of sp³-hybridized carbons (Fsp3) is 1.00. The molecule has 298 valence electrons. The summed E-state index contributed by atoms with van der Waals surface area (Å²) >= 11 is 0. The van der Waals surface area contributed by atoms with E-state index in [-0.39, 0.29) is 23.0 Å². The molecule has 4 aliphatic carbocycles. The van der Waals surface area contributed by atoms with Crippen molar-refractivity contribution < 1.29 is 64.2 Å². The van der Waals surface area contributed by atoms with Crippen molar-refractivity contribution in [2.45, 2.75) is 171 Å². The Hall–Kier alpha value is -0.520. The van der Waals surface area contributed by atoms with Gasteiger partial charge in [-0.25, -0.2) is 0 Å². The summed E-state index contributed by atoms with van der Waals surface area (Å²) in [5.41, 5.74) is 0.468. The third-order valence-electron chi connectivity index (χ3n) is 16.2. The smallest absolute Gasteiger partial charge is 0.187 e. The van der Waals surface area contributed by atoms with Crippen LogP contribution in [0.3, 0.4) is 0 Å². The van der Waals surface area contributed by atoms with E-state index < -0.39 is 80.4 Å². The first-order valence-corrected chi connectivity index (χ1v) is 20.3. The van der Waals surface area contributed by atoms with Crippen LogP contribution in [0.2, 0.25) is 0 Å². The summed E-state index contributed by atoms with van der Waals surface area (Å²) in [4.78, 5) is 0. The van der Waals surface area contributed by atoms with Gasteiger partial charge in [-0.05, 0) is 104 Å². The molecule has 0 aromatic carbocycles. The van der Waals surface area contributed by atoms with Gasteiger partial charge in [0, 0.05) is 12.3 Å². The fourth-order valence-corrected chi connectivity index (χ4v) is 13.2. The first kappa shape index (κ1) is 38.4. The molecule has 4 saturated carbocycles. The van der Waals surface area contributed by atoms with Crippen molar-refractivity contribution >= 4 is 0 Å². The Balaban J connectivity index is 0.892. The number of hydrogen-bond acceptors (Lipinski definition) is 13. The molecule has 0 radical (unpaired) electrons. The molecule has 8 aliphatic rings. The molecule has 22 atom stereocenters. The van der Waals surface area contributed by atoms with Gasteiger partial charge in [0.2, 0.25) is 0 Å². The van der Waals surface area contributed by atoms with E-state index in [1.54, 1.807) is 0 Å². The molecule has 1 unspecified atom stereocenters. The van der Waals surface area contributed by atoms with Crippen molar-refractivity contribution in [3.63, 3.8) is 0 Å². The molecule has 0 aromatic rings. The van der Waals surface area contributed by atoms with Crippen LogP contribution in [0.4, 0.5) is 0 Å². The molecule has 13 nitrogen and oxygen atoms in total. The zero-order valence-electron chi connectivity index (χ0n) is 31.2. The summed E-state index contributed by atoms with van der Waals surface area (Å²) in [6.07, 6.45) is -3.66. The van der Waals surface area contributed by atoms with Gasteiger partial charge in [0.05, 0.1) is 32.0 Å². The maximum Gasteiger partial charge on any atom is 0.187 e. The zero-order chi connectivity index (χ0) is 36.9. The second kappa shape index (κ2) is 14.1. The number of rotatable bonds is 6. The molecule has 7 N–H and O–H groups in total. The van der Waals surface area contributed by atoms with Gasteiger partial charge < -0.3 is 64.2 Å². The minimum Gasteiger partial charge on any atom is -0.394 e. The Morgan fingerprint density at radius 1 is 0.673 bits per heavy atom. The summed E-state index contributed by atoms with van der Waals surface area (Å²) in [5, 5.41) is 72.8. The number of aliphatic hydroxyl groups is 7. The molecule has 0 bridgehead atoms. The van der Waals surface area contributed by atoms with Crippen LogP contribution in [-0.4, -0.2) is 135 Å². The van der Waals surface area contributed by atoms with Crippen LogP contribution >= 0.6 is 0 Å². The average molecular weight is 741 g/mol. The Kier molecular flexibility index (Phi) is 10.4. The molecule has 4 heterocycles. The lowest BCUT2D eigenvalue weighted by Crippen LogP contribution is -2.65. The lowest BCUT2D eigenvalue weighted by molar-refractivity contribution is -0.364.